The van der Waals surface area contributed by atoms with Crippen LogP contribution >= 0.6 is 0 Å². The van der Waals surface area contributed by atoms with Gasteiger partial charge in [-0.2, -0.15) is 5.10 Å². The molecule has 0 aliphatic heterocycles. The summed E-state index contributed by atoms with van der Waals surface area (Å²) in [5.74, 6) is 0.570. The average Bonchev–Trinajstić information content (AvgIpc) is 3.40. The van der Waals surface area contributed by atoms with E-state index in [-0.39, 0.29) is 18.0 Å². The standard InChI is InChI=1S/C21H24N4O/c1-13(2)25-20-18(12-22-25)17(21(26)23-14(3)15-9-10-15)11-19(24-20)16-7-5-4-6-8-16/h4-8,11-15H,9-10H2,1-3H3,(H,23,26). The van der Waals surface area contributed by atoms with E-state index in [1.807, 2.05) is 41.1 Å². The van der Waals surface area contributed by atoms with Crippen molar-refractivity contribution in [1.82, 2.24) is 20.1 Å². The summed E-state index contributed by atoms with van der Waals surface area (Å²) < 4.78 is 1.88. The molecule has 5 heteroatoms. The summed E-state index contributed by atoms with van der Waals surface area (Å²) in [4.78, 5) is 17.8. The number of fused-ring (bicyclic) bond motifs is 1. The Hall–Kier alpha value is -2.69. The first-order valence-electron chi connectivity index (χ1n) is 9.29. The van der Waals surface area contributed by atoms with Gasteiger partial charge in [-0.3, -0.25) is 4.79 Å². The van der Waals surface area contributed by atoms with Crippen molar-refractivity contribution in [3.05, 3.63) is 48.2 Å². The van der Waals surface area contributed by atoms with Crippen LogP contribution < -0.4 is 5.32 Å². The molecule has 1 fully saturated rings. The highest BCUT2D eigenvalue weighted by molar-refractivity contribution is 6.06. The Labute approximate surface area is 153 Å². The second-order valence-corrected chi connectivity index (χ2v) is 7.44. The number of carbonyl (C=O) groups excluding carboxylic acids is 1. The third-order valence-electron chi connectivity index (χ3n) is 5.06. The molecule has 5 nitrogen and oxygen atoms in total. The molecule has 0 saturated heterocycles. The first kappa shape index (κ1) is 16.8. The first-order chi connectivity index (χ1) is 12.5. The Kier molecular flexibility index (Phi) is 4.23. The number of rotatable bonds is 5. The lowest BCUT2D eigenvalue weighted by atomic mass is 10.1. The van der Waals surface area contributed by atoms with Crippen LogP contribution in [-0.4, -0.2) is 26.7 Å². The van der Waals surface area contributed by atoms with Crippen molar-refractivity contribution in [1.29, 1.82) is 0 Å². The molecule has 1 aliphatic carbocycles. The molecule has 1 atom stereocenters. The smallest absolute Gasteiger partial charge is 0.252 e. The van der Waals surface area contributed by atoms with E-state index in [1.54, 1.807) is 6.20 Å². The lowest BCUT2D eigenvalue weighted by molar-refractivity contribution is 0.0937. The van der Waals surface area contributed by atoms with E-state index < -0.39 is 0 Å². The molecule has 1 unspecified atom stereocenters. The number of benzene rings is 1. The zero-order chi connectivity index (χ0) is 18.3. The minimum Gasteiger partial charge on any atom is -0.349 e. The molecule has 2 aromatic heterocycles. The topological polar surface area (TPSA) is 59.8 Å². The molecule has 1 aromatic carbocycles. The van der Waals surface area contributed by atoms with Gasteiger partial charge in [-0.25, -0.2) is 9.67 Å². The fourth-order valence-corrected chi connectivity index (χ4v) is 3.34. The van der Waals surface area contributed by atoms with Gasteiger partial charge in [0.05, 0.1) is 22.8 Å². The predicted molar refractivity (Wildman–Crippen MR) is 103 cm³/mol. The van der Waals surface area contributed by atoms with Gasteiger partial charge in [0.15, 0.2) is 5.65 Å². The van der Waals surface area contributed by atoms with E-state index in [0.717, 1.165) is 22.3 Å². The Morgan fingerprint density at radius 1 is 1.19 bits per heavy atom. The summed E-state index contributed by atoms with van der Waals surface area (Å²) in [6, 6.07) is 12.2. The third kappa shape index (κ3) is 3.09. The molecule has 3 aromatic rings. The summed E-state index contributed by atoms with van der Waals surface area (Å²) in [6.45, 7) is 6.22. The molecular weight excluding hydrogens is 324 g/mol. The molecule has 2 heterocycles. The van der Waals surface area contributed by atoms with Crippen LogP contribution in [0.2, 0.25) is 0 Å². The summed E-state index contributed by atoms with van der Waals surface area (Å²) in [5, 5.41) is 8.44. The monoisotopic (exact) mass is 348 g/mol. The molecule has 1 saturated carbocycles. The minimum absolute atomic E-state index is 0.0442. The Morgan fingerprint density at radius 3 is 2.58 bits per heavy atom. The van der Waals surface area contributed by atoms with Crippen molar-refractivity contribution in [2.24, 2.45) is 5.92 Å². The second kappa shape index (κ2) is 6.56. The molecule has 134 valence electrons. The summed E-state index contributed by atoms with van der Waals surface area (Å²) in [7, 11) is 0. The lowest BCUT2D eigenvalue weighted by Crippen LogP contribution is -2.34. The Balaban J connectivity index is 1.83. The molecule has 1 amide bonds. The van der Waals surface area contributed by atoms with Crippen LogP contribution in [0.25, 0.3) is 22.3 Å². The highest BCUT2D eigenvalue weighted by atomic mass is 16.1. The number of carbonyl (C=O) groups is 1. The van der Waals surface area contributed by atoms with Gasteiger partial charge in [-0.05, 0) is 45.6 Å². The fourth-order valence-electron chi connectivity index (χ4n) is 3.34. The molecule has 1 aliphatic rings. The fraction of sp³-hybridized carbons (Fsp3) is 0.381. The number of hydrogen-bond acceptors (Lipinski definition) is 3. The van der Waals surface area contributed by atoms with Crippen LogP contribution in [0, 0.1) is 5.92 Å². The van der Waals surface area contributed by atoms with Crippen LogP contribution in [-0.2, 0) is 0 Å². The molecule has 0 radical (unpaired) electrons. The van der Waals surface area contributed by atoms with Gasteiger partial charge in [0.25, 0.3) is 5.91 Å². The van der Waals surface area contributed by atoms with E-state index >= 15 is 0 Å². The maximum Gasteiger partial charge on any atom is 0.252 e. The largest absolute Gasteiger partial charge is 0.349 e. The Morgan fingerprint density at radius 2 is 1.92 bits per heavy atom. The van der Waals surface area contributed by atoms with Crippen LogP contribution in [0.5, 0.6) is 0 Å². The highest BCUT2D eigenvalue weighted by Gasteiger charge is 2.29. The highest BCUT2D eigenvalue weighted by Crippen LogP contribution is 2.33. The van der Waals surface area contributed by atoms with Gasteiger partial charge in [0.1, 0.15) is 0 Å². The number of nitrogens with one attached hydrogen (secondary N) is 1. The summed E-state index contributed by atoms with van der Waals surface area (Å²) in [6.07, 6.45) is 4.16. The Bertz CT molecular complexity index is 941. The predicted octanol–water partition coefficient (Wildman–Crippen LogP) is 4.21. The zero-order valence-corrected chi connectivity index (χ0v) is 15.4. The molecule has 0 spiro atoms. The molecular formula is C21H24N4O. The maximum atomic E-state index is 13.0. The van der Waals surface area contributed by atoms with Crippen LogP contribution in [0.4, 0.5) is 0 Å². The van der Waals surface area contributed by atoms with Crippen molar-refractivity contribution < 1.29 is 4.79 Å². The number of amides is 1. The summed E-state index contributed by atoms with van der Waals surface area (Å²) >= 11 is 0. The van der Waals surface area contributed by atoms with Crippen LogP contribution in [0.3, 0.4) is 0 Å². The van der Waals surface area contributed by atoms with E-state index in [0.29, 0.717) is 11.5 Å². The van der Waals surface area contributed by atoms with E-state index in [9.17, 15) is 4.79 Å². The van der Waals surface area contributed by atoms with Crippen molar-refractivity contribution in [3.8, 4) is 11.3 Å². The van der Waals surface area contributed by atoms with Gasteiger partial charge < -0.3 is 5.32 Å². The van der Waals surface area contributed by atoms with Gasteiger partial charge in [0.2, 0.25) is 0 Å². The van der Waals surface area contributed by atoms with Crippen LogP contribution in [0.15, 0.2) is 42.6 Å². The van der Waals surface area contributed by atoms with Crippen molar-refractivity contribution in [2.45, 2.75) is 45.7 Å². The number of nitrogens with zero attached hydrogens (tertiary/aromatic N) is 3. The van der Waals surface area contributed by atoms with Gasteiger partial charge >= 0.3 is 0 Å². The van der Waals surface area contributed by atoms with Crippen molar-refractivity contribution >= 4 is 16.9 Å². The lowest BCUT2D eigenvalue weighted by Gasteiger charge is -2.14. The zero-order valence-electron chi connectivity index (χ0n) is 15.4. The molecule has 0 bridgehead atoms. The van der Waals surface area contributed by atoms with E-state index in [1.165, 1.54) is 12.8 Å². The van der Waals surface area contributed by atoms with Crippen molar-refractivity contribution in [3.63, 3.8) is 0 Å². The summed E-state index contributed by atoms with van der Waals surface area (Å²) in [5.41, 5.74) is 3.19. The van der Waals surface area contributed by atoms with Gasteiger partial charge in [-0.15, -0.1) is 0 Å². The first-order valence-corrected chi connectivity index (χ1v) is 9.29. The quantitative estimate of drug-likeness (QED) is 0.751. The van der Waals surface area contributed by atoms with Gasteiger partial charge in [0, 0.05) is 17.6 Å². The van der Waals surface area contributed by atoms with Crippen molar-refractivity contribution in [2.75, 3.05) is 0 Å². The number of aromatic nitrogens is 3. The maximum absolute atomic E-state index is 13.0. The van der Waals surface area contributed by atoms with Gasteiger partial charge in [-0.1, -0.05) is 30.3 Å². The minimum atomic E-state index is -0.0442. The molecule has 4 rings (SSSR count). The average molecular weight is 348 g/mol. The van der Waals surface area contributed by atoms with E-state index in [4.69, 9.17) is 4.98 Å². The normalized spacial score (nSPS) is 15.4. The number of pyridine rings is 1. The molecule has 26 heavy (non-hydrogen) atoms. The number of hydrogen-bond donors (Lipinski definition) is 1. The SMILES string of the molecule is CC(NC(=O)c1cc(-c2ccccc2)nc2c1cnn2C(C)C)C1CC1. The van der Waals surface area contributed by atoms with E-state index in [2.05, 4.69) is 31.2 Å². The molecule has 1 N–H and O–H groups in total. The third-order valence-corrected chi connectivity index (χ3v) is 5.06. The van der Waals surface area contributed by atoms with Crippen LogP contribution in [0.1, 0.15) is 50.0 Å². The second-order valence-electron chi connectivity index (χ2n) is 7.44.